The van der Waals surface area contributed by atoms with Crippen LogP contribution in [-0.2, 0) is 14.3 Å². The van der Waals surface area contributed by atoms with Crippen LogP contribution in [0, 0.1) is 5.92 Å². The van der Waals surface area contributed by atoms with Gasteiger partial charge in [0.2, 0.25) is 0 Å². The predicted octanol–water partition coefficient (Wildman–Crippen LogP) is 0.404. The molecule has 0 aromatic heterocycles. The maximum atomic E-state index is 11.5. The highest BCUT2D eigenvalue weighted by Gasteiger charge is 2.30. The number of hydrogen-bond donors (Lipinski definition) is 0. The Hall–Kier alpha value is -1.39. The van der Waals surface area contributed by atoms with Gasteiger partial charge in [0.25, 0.3) is 5.91 Å². The van der Waals surface area contributed by atoms with E-state index in [1.54, 1.807) is 20.8 Å². The molecular weight excluding hydrogens is 184 g/mol. The molecule has 5 heteroatoms. The number of nitrogens with zero attached hydrogens (tertiary/aromatic N) is 2. The van der Waals surface area contributed by atoms with Crippen molar-refractivity contribution in [3.8, 4) is 0 Å². The number of ether oxygens (including phenoxy) is 1. The highest BCUT2D eigenvalue weighted by Crippen LogP contribution is 2.14. The van der Waals surface area contributed by atoms with E-state index in [-0.39, 0.29) is 18.4 Å². The molecule has 1 atom stereocenters. The highest BCUT2D eigenvalue weighted by molar-refractivity contribution is 6.07. The Kier molecular flexibility index (Phi) is 3.22. The number of rotatable bonds is 3. The third-order valence-electron chi connectivity index (χ3n) is 2.11. The van der Waals surface area contributed by atoms with Gasteiger partial charge >= 0.3 is 5.97 Å². The van der Waals surface area contributed by atoms with Crippen molar-refractivity contribution in [2.75, 3.05) is 13.2 Å². The van der Waals surface area contributed by atoms with E-state index in [2.05, 4.69) is 5.10 Å². The first-order valence-corrected chi connectivity index (χ1v) is 4.58. The van der Waals surface area contributed by atoms with Gasteiger partial charge < -0.3 is 4.74 Å². The van der Waals surface area contributed by atoms with E-state index >= 15 is 0 Å². The van der Waals surface area contributed by atoms with Crippen molar-refractivity contribution in [1.82, 2.24) is 5.01 Å². The molecule has 0 saturated heterocycles. The molecular formula is C9H14N2O3. The first-order valence-electron chi connectivity index (χ1n) is 4.58. The molecule has 0 spiro atoms. The fraction of sp³-hybridized carbons (Fsp3) is 0.667. The zero-order valence-electron chi connectivity index (χ0n) is 8.61. The highest BCUT2D eigenvalue weighted by atomic mass is 16.5. The minimum Gasteiger partial charge on any atom is -0.465 e. The summed E-state index contributed by atoms with van der Waals surface area (Å²) in [4.78, 5) is 22.5. The van der Waals surface area contributed by atoms with E-state index in [4.69, 9.17) is 4.74 Å². The summed E-state index contributed by atoms with van der Waals surface area (Å²) in [5.41, 5.74) is 0.735. The molecule has 0 N–H and O–H groups in total. The number of carbonyl (C=O) groups is 2. The molecule has 1 unspecified atom stereocenters. The van der Waals surface area contributed by atoms with Crippen LogP contribution in [0.15, 0.2) is 5.10 Å². The third-order valence-corrected chi connectivity index (χ3v) is 2.11. The van der Waals surface area contributed by atoms with E-state index in [0.29, 0.717) is 6.61 Å². The number of hydrogen-bond acceptors (Lipinski definition) is 4. The monoisotopic (exact) mass is 198 g/mol. The quantitative estimate of drug-likeness (QED) is 0.617. The predicted molar refractivity (Wildman–Crippen MR) is 50.6 cm³/mol. The van der Waals surface area contributed by atoms with E-state index < -0.39 is 5.97 Å². The van der Waals surface area contributed by atoms with Crippen LogP contribution in [0.25, 0.3) is 0 Å². The van der Waals surface area contributed by atoms with E-state index in [1.807, 2.05) is 0 Å². The Morgan fingerprint density at radius 3 is 2.71 bits per heavy atom. The molecule has 1 amide bonds. The summed E-state index contributed by atoms with van der Waals surface area (Å²) in [6.07, 6.45) is 0. The molecule has 0 fully saturated rings. The molecule has 14 heavy (non-hydrogen) atoms. The van der Waals surface area contributed by atoms with Crippen molar-refractivity contribution < 1.29 is 14.3 Å². The second-order valence-corrected chi connectivity index (χ2v) is 3.16. The van der Waals surface area contributed by atoms with Gasteiger partial charge in [0.05, 0.1) is 12.5 Å². The Balaban J connectivity index is 2.55. The molecule has 0 saturated carbocycles. The lowest BCUT2D eigenvalue weighted by molar-refractivity contribution is -0.148. The minimum atomic E-state index is -0.425. The van der Waals surface area contributed by atoms with Gasteiger partial charge in [-0.3, -0.25) is 9.59 Å². The van der Waals surface area contributed by atoms with Crippen LogP contribution >= 0.6 is 0 Å². The van der Waals surface area contributed by atoms with Crippen LogP contribution in [-0.4, -0.2) is 35.7 Å². The normalized spacial score (nSPS) is 21.1. The summed E-state index contributed by atoms with van der Waals surface area (Å²) in [5.74, 6) is -0.786. The lowest BCUT2D eigenvalue weighted by Gasteiger charge is -2.11. The summed E-state index contributed by atoms with van der Waals surface area (Å²) in [6.45, 7) is 5.49. The van der Waals surface area contributed by atoms with Crippen LogP contribution in [0.3, 0.4) is 0 Å². The van der Waals surface area contributed by atoms with Crippen LogP contribution in [0.4, 0.5) is 0 Å². The molecule has 0 aromatic carbocycles. The zero-order valence-corrected chi connectivity index (χ0v) is 8.61. The van der Waals surface area contributed by atoms with Gasteiger partial charge in [0.15, 0.2) is 0 Å². The number of carbonyl (C=O) groups excluding carboxylic acids is 2. The summed E-state index contributed by atoms with van der Waals surface area (Å²) in [6, 6.07) is 0. The lowest BCUT2D eigenvalue weighted by atomic mass is 10.1. The van der Waals surface area contributed by atoms with Gasteiger partial charge in [-0.2, -0.15) is 5.10 Å². The average molecular weight is 198 g/mol. The maximum absolute atomic E-state index is 11.5. The standard InChI is InChI=1S/C9H14N2O3/c1-4-14-8(12)5-11-9(13)6(2)7(3)10-11/h6H,4-5H2,1-3H3. The largest absolute Gasteiger partial charge is 0.465 e. The molecule has 1 aliphatic rings. The van der Waals surface area contributed by atoms with Crippen molar-refractivity contribution in [1.29, 1.82) is 0 Å². The Bertz CT molecular complexity index is 286. The van der Waals surface area contributed by atoms with Gasteiger partial charge in [-0.15, -0.1) is 0 Å². The topological polar surface area (TPSA) is 59.0 Å². The zero-order chi connectivity index (χ0) is 10.7. The lowest BCUT2D eigenvalue weighted by Crippen LogP contribution is -2.31. The number of esters is 1. The Labute approximate surface area is 82.7 Å². The summed E-state index contributed by atoms with van der Waals surface area (Å²) >= 11 is 0. The van der Waals surface area contributed by atoms with Gasteiger partial charge in [-0.1, -0.05) is 0 Å². The molecule has 78 valence electrons. The second-order valence-electron chi connectivity index (χ2n) is 3.16. The first kappa shape index (κ1) is 10.7. The van der Waals surface area contributed by atoms with Gasteiger partial charge in [0.1, 0.15) is 6.54 Å². The third kappa shape index (κ3) is 2.10. The molecule has 1 heterocycles. The fourth-order valence-corrected chi connectivity index (χ4v) is 1.17. The molecule has 0 bridgehead atoms. The van der Waals surface area contributed by atoms with Gasteiger partial charge in [0, 0.05) is 5.71 Å². The van der Waals surface area contributed by atoms with Crippen molar-refractivity contribution in [3.63, 3.8) is 0 Å². The average Bonchev–Trinajstić information content (AvgIpc) is 2.34. The van der Waals surface area contributed by atoms with Crippen LogP contribution in [0.5, 0.6) is 0 Å². The van der Waals surface area contributed by atoms with E-state index in [1.165, 1.54) is 0 Å². The van der Waals surface area contributed by atoms with Crippen molar-refractivity contribution in [2.24, 2.45) is 11.0 Å². The number of amides is 1. The van der Waals surface area contributed by atoms with Crippen molar-refractivity contribution >= 4 is 17.6 Å². The van der Waals surface area contributed by atoms with Crippen molar-refractivity contribution in [2.45, 2.75) is 20.8 Å². The minimum absolute atomic E-state index is 0.0889. The fourth-order valence-electron chi connectivity index (χ4n) is 1.17. The summed E-state index contributed by atoms with van der Waals surface area (Å²) < 4.78 is 4.72. The molecule has 0 radical (unpaired) electrons. The van der Waals surface area contributed by atoms with Gasteiger partial charge in [-0.05, 0) is 20.8 Å². The molecule has 0 aromatic rings. The van der Waals surface area contributed by atoms with E-state index in [0.717, 1.165) is 10.7 Å². The first-order chi connectivity index (χ1) is 6.56. The Morgan fingerprint density at radius 1 is 1.64 bits per heavy atom. The van der Waals surface area contributed by atoms with Crippen LogP contribution in [0.2, 0.25) is 0 Å². The van der Waals surface area contributed by atoms with Crippen molar-refractivity contribution in [3.05, 3.63) is 0 Å². The van der Waals surface area contributed by atoms with Crippen LogP contribution < -0.4 is 0 Å². The molecule has 5 nitrogen and oxygen atoms in total. The SMILES string of the molecule is CCOC(=O)CN1N=C(C)C(C)C1=O. The molecule has 0 aliphatic carbocycles. The summed E-state index contributed by atoms with van der Waals surface area (Å²) in [7, 11) is 0. The smallest absolute Gasteiger partial charge is 0.327 e. The maximum Gasteiger partial charge on any atom is 0.327 e. The van der Waals surface area contributed by atoms with Gasteiger partial charge in [-0.25, -0.2) is 5.01 Å². The van der Waals surface area contributed by atoms with E-state index in [9.17, 15) is 9.59 Å². The molecule has 1 rings (SSSR count). The molecule has 1 aliphatic heterocycles. The number of hydrazone groups is 1. The second kappa shape index (κ2) is 4.21. The van der Waals surface area contributed by atoms with Crippen LogP contribution in [0.1, 0.15) is 20.8 Å². The summed E-state index contributed by atoms with van der Waals surface area (Å²) in [5, 5.41) is 5.14. The Morgan fingerprint density at radius 2 is 2.29 bits per heavy atom.